The van der Waals surface area contributed by atoms with Gasteiger partial charge in [0.2, 0.25) is 5.91 Å². The lowest BCUT2D eigenvalue weighted by molar-refractivity contribution is -0.122. The molecule has 0 aromatic carbocycles. The van der Waals surface area contributed by atoms with Crippen LogP contribution in [0.25, 0.3) is 0 Å². The van der Waals surface area contributed by atoms with Crippen LogP contribution in [0.2, 0.25) is 0 Å². The van der Waals surface area contributed by atoms with Gasteiger partial charge in [-0.25, -0.2) is 0 Å². The van der Waals surface area contributed by atoms with Crippen LogP contribution in [0, 0.1) is 0 Å². The van der Waals surface area contributed by atoms with E-state index in [1.807, 2.05) is 0 Å². The number of halogens is 3. The van der Waals surface area contributed by atoms with Gasteiger partial charge >= 0.3 is 6.18 Å². The van der Waals surface area contributed by atoms with Crippen molar-refractivity contribution in [3.05, 3.63) is 41.4 Å². The summed E-state index contributed by atoms with van der Waals surface area (Å²) < 4.78 is 37.6. The van der Waals surface area contributed by atoms with Gasteiger partial charge in [-0.3, -0.25) is 14.8 Å². The van der Waals surface area contributed by atoms with Crippen molar-refractivity contribution in [2.45, 2.75) is 38.1 Å². The first-order valence-corrected chi connectivity index (χ1v) is 7.84. The molecule has 9 heteroatoms. The van der Waals surface area contributed by atoms with Gasteiger partial charge in [0.1, 0.15) is 0 Å². The number of aromatic nitrogens is 1. The molecule has 1 atom stereocenters. The zero-order valence-electron chi connectivity index (χ0n) is 13.5. The van der Waals surface area contributed by atoms with E-state index in [1.165, 1.54) is 6.20 Å². The number of alkyl halides is 3. The lowest BCUT2D eigenvalue weighted by Crippen LogP contribution is -2.40. The van der Waals surface area contributed by atoms with Crippen LogP contribution in [0.5, 0.6) is 0 Å². The van der Waals surface area contributed by atoms with E-state index in [0.717, 1.165) is 19.4 Å². The zero-order chi connectivity index (χ0) is 18.3. The molecule has 1 saturated heterocycles. The smallest absolute Gasteiger partial charge is 0.404 e. The molecule has 0 radical (unpaired) electrons. The number of amides is 1. The minimum atomic E-state index is -4.53. The molecule has 0 spiro atoms. The molecule has 1 aliphatic heterocycles. The SMILES string of the molecule is N/C=C(\C=NCc1ccnc(CNC(=O)C2CCCN2)c1)C(F)(F)F. The number of pyridine rings is 1. The largest absolute Gasteiger partial charge is 0.419 e. The van der Waals surface area contributed by atoms with E-state index < -0.39 is 11.7 Å². The van der Waals surface area contributed by atoms with Crippen molar-refractivity contribution in [2.24, 2.45) is 10.7 Å². The summed E-state index contributed by atoms with van der Waals surface area (Å²) >= 11 is 0. The number of hydrogen-bond acceptors (Lipinski definition) is 5. The Bertz CT molecular complexity index is 651. The zero-order valence-corrected chi connectivity index (χ0v) is 13.5. The Morgan fingerprint density at radius 3 is 2.96 bits per heavy atom. The fourth-order valence-corrected chi connectivity index (χ4v) is 2.39. The van der Waals surface area contributed by atoms with Gasteiger partial charge in [-0.1, -0.05) is 0 Å². The second-order valence-electron chi connectivity index (χ2n) is 5.61. The maximum absolute atomic E-state index is 12.5. The Morgan fingerprint density at radius 1 is 1.52 bits per heavy atom. The van der Waals surface area contributed by atoms with Gasteiger partial charge in [0.15, 0.2) is 0 Å². The standard InChI is InChI=1S/C16H20F3N5O/c17-16(18,19)12(7-20)9-21-8-11-3-5-22-13(6-11)10-24-15(25)14-2-1-4-23-14/h3,5-7,9,14,23H,1-2,4,8,10,20H2,(H,24,25)/b12-7+,21-9?. The van der Waals surface area contributed by atoms with Crippen LogP contribution in [-0.4, -0.2) is 35.9 Å². The summed E-state index contributed by atoms with van der Waals surface area (Å²) in [7, 11) is 0. The Morgan fingerprint density at radius 2 is 2.32 bits per heavy atom. The molecular formula is C16H20F3N5O. The Kier molecular flexibility index (Phi) is 6.51. The Balaban J connectivity index is 1.89. The van der Waals surface area contributed by atoms with Crippen LogP contribution in [0.1, 0.15) is 24.1 Å². The minimum absolute atomic E-state index is 0.0566. The van der Waals surface area contributed by atoms with Crippen LogP contribution in [-0.2, 0) is 17.9 Å². The monoisotopic (exact) mass is 355 g/mol. The molecule has 1 aromatic rings. The number of nitrogens with one attached hydrogen (secondary N) is 2. The minimum Gasteiger partial charge on any atom is -0.404 e. The third-order valence-electron chi connectivity index (χ3n) is 3.71. The van der Waals surface area contributed by atoms with Gasteiger partial charge in [0.25, 0.3) is 0 Å². The Labute approximate surface area is 143 Å². The number of rotatable bonds is 6. The highest BCUT2D eigenvalue weighted by Gasteiger charge is 2.32. The second-order valence-corrected chi connectivity index (χ2v) is 5.61. The maximum Gasteiger partial charge on any atom is 0.419 e. The van der Waals surface area contributed by atoms with Crippen LogP contribution in [0.3, 0.4) is 0 Å². The molecule has 1 unspecified atom stereocenters. The Hall–Kier alpha value is -2.42. The molecule has 1 fully saturated rings. The number of nitrogens with zero attached hydrogens (tertiary/aromatic N) is 2. The summed E-state index contributed by atoms with van der Waals surface area (Å²) in [6.45, 7) is 1.15. The highest BCUT2D eigenvalue weighted by Crippen LogP contribution is 2.23. The molecule has 1 aliphatic rings. The molecule has 6 nitrogen and oxygen atoms in total. The van der Waals surface area contributed by atoms with E-state index in [2.05, 4.69) is 20.6 Å². The summed E-state index contributed by atoms with van der Waals surface area (Å²) in [5.41, 5.74) is 5.25. The number of nitrogens with two attached hydrogens (primary N) is 1. The third-order valence-corrected chi connectivity index (χ3v) is 3.71. The second kappa shape index (κ2) is 8.61. The molecule has 1 aromatic heterocycles. The number of allylic oxidation sites excluding steroid dienone is 1. The lowest BCUT2D eigenvalue weighted by Gasteiger charge is -2.11. The van der Waals surface area contributed by atoms with Crippen LogP contribution >= 0.6 is 0 Å². The van der Waals surface area contributed by atoms with Gasteiger partial charge in [-0.2, -0.15) is 13.2 Å². The van der Waals surface area contributed by atoms with E-state index in [-0.39, 0.29) is 25.0 Å². The molecule has 0 bridgehead atoms. The highest BCUT2D eigenvalue weighted by molar-refractivity contribution is 5.82. The first kappa shape index (κ1) is 18.9. The highest BCUT2D eigenvalue weighted by atomic mass is 19.4. The number of hydrogen-bond donors (Lipinski definition) is 3. The average Bonchev–Trinajstić information content (AvgIpc) is 3.10. The summed E-state index contributed by atoms with van der Waals surface area (Å²) in [6.07, 6.45) is -0.0310. The van der Waals surface area contributed by atoms with Gasteiger partial charge in [0.05, 0.1) is 30.4 Å². The number of carbonyl (C=O) groups excluding carboxylic acids is 1. The summed E-state index contributed by atoms with van der Waals surface area (Å²) in [5, 5.41) is 5.90. The molecule has 25 heavy (non-hydrogen) atoms. The third kappa shape index (κ3) is 5.86. The van der Waals surface area contributed by atoms with Gasteiger partial charge in [0, 0.05) is 18.6 Å². The van der Waals surface area contributed by atoms with Crippen molar-refractivity contribution >= 4 is 12.1 Å². The first-order valence-electron chi connectivity index (χ1n) is 7.84. The molecular weight excluding hydrogens is 335 g/mol. The van der Waals surface area contributed by atoms with E-state index in [1.54, 1.807) is 12.1 Å². The van der Waals surface area contributed by atoms with Crippen LogP contribution < -0.4 is 16.4 Å². The van der Waals surface area contributed by atoms with Crippen molar-refractivity contribution in [3.8, 4) is 0 Å². The summed E-state index contributed by atoms with van der Waals surface area (Å²) in [6, 6.07) is 3.18. The molecule has 0 aliphatic carbocycles. The van der Waals surface area contributed by atoms with Crippen molar-refractivity contribution in [1.29, 1.82) is 0 Å². The van der Waals surface area contributed by atoms with Gasteiger partial charge in [-0.15, -0.1) is 0 Å². The normalized spacial score (nSPS) is 18.7. The number of carbonyl (C=O) groups is 1. The van der Waals surface area contributed by atoms with E-state index in [9.17, 15) is 18.0 Å². The van der Waals surface area contributed by atoms with Crippen molar-refractivity contribution < 1.29 is 18.0 Å². The quantitative estimate of drug-likeness (QED) is 0.673. The molecule has 0 saturated carbocycles. The molecule has 2 rings (SSSR count). The van der Waals surface area contributed by atoms with Gasteiger partial charge < -0.3 is 16.4 Å². The van der Waals surface area contributed by atoms with Crippen molar-refractivity contribution in [1.82, 2.24) is 15.6 Å². The van der Waals surface area contributed by atoms with Crippen molar-refractivity contribution in [3.63, 3.8) is 0 Å². The van der Waals surface area contributed by atoms with Crippen LogP contribution in [0.15, 0.2) is 35.1 Å². The predicted molar refractivity (Wildman–Crippen MR) is 87.6 cm³/mol. The molecule has 2 heterocycles. The first-order chi connectivity index (χ1) is 11.9. The summed E-state index contributed by atoms with van der Waals surface area (Å²) in [5.74, 6) is -0.0781. The average molecular weight is 355 g/mol. The van der Waals surface area contributed by atoms with Gasteiger partial charge in [-0.05, 0) is 37.1 Å². The van der Waals surface area contributed by atoms with E-state index >= 15 is 0 Å². The lowest BCUT2D eigenvalue weighted by atomic mass is 10.2. The fraction of sp³-hybridized carbons (Fsp3) is 0.438. The molecule has 1 amide bonds. The maximum atomic E-state index is 12.5. The topological polar surface area (TPSA) is 92.4 Å². The van der Waals surface area contributed by atoms with E-state index in [4.69, 9.17) is 5.73 Å². The summed E-state index contributed by atoms with van der Waals surface area (Å²) in [4.78, 5) is 19.8. The predicted octanol–water partition coefficient (Wildman–Crippen LogP) is 1.43. The van der Waals surface area contributed by atoms with E-state index in [0.29, 0.717) is 23.7 Å². The number of aliphatic imine (C=N–C) groups is 1. The fourth-order valence-electron chi connectivity index (χ4n) is 2.39. The van der Waals surface area contributed by atoms with Crippen LogP contribution in [0.4, 0.5) is 13.2 Å². The van der Waals surface area contributed by atoms with Crippen molar-refractivity contribution in [2.75, 3.05) is 6.54 Å². The molecule has 136 valence electrons. The molecule has 4 N–H and O–H groups in total.